The van der Waals surface area contributed by atoms with Gasteiger partial charge in [0.15, 0.2) is 0 Å². The van der Waals surface area contributed by atoms with Crippen molar-refractivity contribution < 1.29 is 14.6 Å². The number of esters is 1. The molecule has 2 saturated heterocycles. The van der Waals surface area contributed by atoms with Crippen molar-refractivity contribution in [2.75, 3.05) is 26.2 Å². The molecule has 4 atom stereocenters. The van der Waals surface area contributed by atoms with Gasteiger partial charge in [0.1, 0.15) is 12.1 Å². The Morgan fingerprint density at radius 3 is 2.61 bits per heavy atom. The number of hydrogen-bond acceptors (Lipinski definition) is 5. The highest BCUT2D eigenvalue weighted by Gasteiger charge is 2.39. The van der Waals surface area contributed by atoms with Crippen LogP contribution < -0.4 is 0 Å². The first kappa shape index (κ1) is 16.4. The van der Waals surface area contributed by atoms with E-state index in [1.807, 2.05) is 37.3 Å². The smallest absolute Gasteiger partial charge is 0.323 e. The van der Waals surface area contributed by atoms with E-state index in [1.54, 1.807) is 0 Å². The van der Waals surface area contributed by atoms with E-state index in [0.29, 0.717) is 12.6 Å². The minimum absolute atomic E-state index is 0.0285. The zero-order valence-electron chi connectivity index (χ0n) is 13.9. The molecule has 1 aromatic rings. The van der Waals surface area contributed by atoms with E-state index in [9.17, 15) is 9.90 Å². The third kappa shape index (κ3) is 3.74. The molecule has 0 bridgehead atoms. The first-order valence-electron chi connectivity index (χ1n) is 8.46. The van der Waals surface area contributed by atoms with Crippen LogP contribution in [0.15, 0.2) is 30.3 Å². The summed E-state index contributed by atoms with van der Waals surface area (Å²) in [6.07, 6.45) is 0.348. The van der Waals surface area contributed by atoms with Gasteiger partial charge in [-0.05, 0) is 19.4 Å². The molecular weight excluding hydrogens is 292 g/mol. The van der Waals surface area contributed by atoms with Crippen LogP contribution in [0.3, 0.4) is 0 Å². The highest BCUT2D eigenvalue weighted by Crippen LogP contribution is 2.24. The monoisotopic (exact) mass is 318 g/mol. The molecule has 23 heavy (non-hydrogen) atoms. The lowest BCUT2D eigenvalue weighted by molar-refractivity contribution is -0.145. The van der Waals surface area contributed by atoms with Crippen molar-refractivity contribution in [3.8, 4) is 0 Å². The Morgan fingerprint density at radius 2 is 2.00 bits per heavy atom. The van der Waals surface area contributed by atoms with E-state index < -0.39 is 6.10 Å². The summed E-state index contributed by atoms with van der Waals surface area (Å²) in [6, 6.07) is 10.0. The molecule has 1 N–H and O–H groups in total. The van der Waals surface area contributed by atoms with E-state index in [4.69, 9.17) is 4.74 Å². The molecule has 0 spiro atoms. The van der Waals surface area contributed by atoms with Crippen LogP contribution in [0, 0.1) is 0 Å². The molecule has 5 heteroatoms. The average molecular weight is 318 g/mol. The molecule has 1 aromatic carbocycles. The molecule has 0 radical (unpaired) electrons. The fourth-order valence-corrected chi connectivity index (χ4v) is 3.61. The molecule has 2 aliphatic rings. The minimum Gasteiger partial charge on any atom is -0.461 e. The van der Waals surface area contributed by atoms with Crippen molar-refractivity contribution in [3.63, 3.8) is 0 Å². The molecule has 0 aliphatic carbocycles. The molecule has 3 rings (SSSR count). The van der Waals surface area contributed by atoms with Crippen molar-refractivity contribution in [3.05, 3.63) is 35.9 Å². The van der Waals surface area contributed by atoms with Crippen LogP contribution in [0.25, 0.3) is 0 Å². The van der Waals surface area contributed by atoms with Crippen LogP contribution in [-0.4, -0.2) is 65.2 Å². The average Bonchev–Trinajstić information content (AvgIpc) is 2.88. The first-order valence-corrected chi connectivity index (χ1v) is 8.46. The molecule has 0 aromatic heterocycles. The Bertz CT molecular complexity index is 536. The lowest BCUT2D eigenvalue weighted by Gasteiger charge is -2.42. The predicted molar refractivity (Wildman–Crippen MR) is 88.0 cm³/mol. The maximum absolute atomic E-state index is 11.9. The Kier molecular flexibility index (Phi) is 4.99. The Hall–Kier alpha value is -1.43. The summed E-state index contributed by atoms with van der Waals surface area (Å²) in [7, 11) is 0. The molecule has 2 fully saturated rings. The maximum atomic E-state index is 11.9. The molecule has 2 aliphatic heterocycles. The largest absolute Gasteiger partial charge is 0.461 e. The van der Waals surface area contributed by atoms with Crippen LogP contribution >= 0.6 is 0 Å². The molecular formula is C18H26N2O3. The fraction of sp³-hybridized carbons (Fsp3) is 0.611. The van der Waals surface area contributed by atoms with Gasteiger partial charge in [-0.15, -0.1) is 0 Å². The molecule has 5 nitrogen and oxygen atoms in total. The summed E-state index contributed by atoms with van der Waals surface area (Å²) < 4.78 is 5.28. The highest BCUT2D eigenvalue weighted by molar-refractivity contribution is 5.78. The van der Waals surface area contributed by atoms with Gasteiger partial charge in [0.05, 0.1) is 6.10 Å². The quantitative estimate of drug-likeness (QED) is 0.851. The Labute approximate surface area is 137 Å². The zero-order chi connectivity index (χ0) is 16.4. The number of aliphatic hydroxyl groups excluding tert-OH is 1. The topological polar surface area (TPSA) is 53.0 Å². The molecule has 2 heterocycles. The maximum Gasteiger partial charge on any atom is 0.323 e. The number of ether oxygens (including phenoxy) is 1. The minimum atomic E-state index is -0.471. The number of piperazine rings is 1. The standard InChI is InChI=1S/C18H26N2O3/c1-13-11-20(16-10-14(2)23-18(16)22)9-8-19(13)12-17(21)15-6-4-3-5-7-15/h3-7,13-14,16-17,21H,8-12H2,1-2H3. The summed E-state index contributed by atoms with van der Waals surface area (Å²) in [5.41, 5.74) is 0.954. The second-order valence-electron chi connectivity index (χ2n) is 6.76. The van der Waals surface area contributed by atoms with Gasteiger partial charge >= 0.3 is 5.97 Å². The summed E-state index contributed by atoms with van der Waals surface area (Å²) in [5, 5.41) is 10.4. The Morgan fingerprint density at radius 1 is 1.26 bits per heavy atom. The highest BCUT2D eigenvalue weighted by atomic mass is 16.6. The van der Waals surface area contributed by atoms with Gasteiger partial charge in [-0.25, -0.2) is 0 Å². The number of nitrogens with zero attached hydrogens (tertiary/aromatic N) is 2. The first-order chi connectivity index (χ1) is 11.0. The van der Waals surface area contributed by atoms with Crippen molar-refractivity contribution in [1.82, 2.24) is 9.80 Å². The lowest BCUT2D eigenvalue weighted by atomic mass is 10.1. The number of β-amino-alcohol motifs (C(OH)–C–C–N with tert-alkyl or cyclic N) is 1. The van der Waals surface area contributed by atoms with Crippen molar-refractivity contribution >= 4 is 5.97 Å². The summed E-state index contributed by atoms with van der Waals surface area (Å²) in [6.45, 7) is 7.29. The van der Waals surface area contributed by atoms with E-state index >= 15 is 0 Å². The van der Waals surface area contributed by atoms with Crippen LogP contribution in [0.5, 0.6) is 0 Å². The van der Waals surface area contributed by atoms with Gasteiger partial charge in [0, 0.05) is 38.6 Å². The van der Waals surface area contributed by atoms with Crippen molar-refractivity contribution in [1.29, 1.82) is 0 Å². The number of benzene rings is 1. The predicted octanol–water partition coefficient (Wildman–Crippen LogP) is 1.43. The lowest BCUT2D eigenvalue weighted by Crippen LogP contribution is -2.56. The normalized spacial score (nSPS) is 31.1. The third-order valence-corrected chi connectivity index (χ3v) is 4.97. The van der Waals surface area contributed by atoms with Crippen molar-refractivity contribution in [2.24, 2.45) is 0 Å². The second-order valence-corrected chi connectivity index (χ2v) is 6.76. The van der Waals surface area contributed by atoms with E-state index in [2.05, 4.69) is 16.7 Å². The van der Waals surface area contributed by atoms with Gasteiger partial charge < -0.3 is 9.84 Å². The fourth-order valence-electron chi connectivity index (χ4n) is 3.61. The van der Waals surface area contributed by atoms with Crippen LogP contribution in [0.2, 0.25) is 0 Å². The van der Waals surface area contributed by atoms with Crippen molar-refractivity contribution in [2.45, 2.75) is 44.6 Å². The number of rotatable bonds is 4. The zero-order valence-corrected chi connectivity index (χ0v) is 13.9. The summed E-state index contributed by atoms with van der Waals surface area (Å²) >= 11 is 0. The second kappa shape index (κ2) is 6.99. The Balaban J connectivity index is 1.56. The van der Waals surface area contributed by atoms with Gasteiger partial charge in [0.2, 0.25) is 0 Å². The van der Waals surface area contributed by atoms with Crippen LogP contribution in [0.1, 0.15) is 31.9 Å². The molecule has 0 amide bonds. The van der Waals surface area contributed by atoms with Crippen LogP contribution in [-0.2, 0) is 9.53 Å². The number of aliphatic hydroxyl groups is 1. The van der Waals surface area contributed by atoms with E-state index in [-0.39, 0.29) is 18.1 Å². The van der Waals surface area contributed by atoms with Crippen LogP contribution in [0.4, 0.5) is 0 Å². The summed E-state index contributed by atoms with van der Waals surface area (Å²) in [4.78, 5) is 16.5. The number of cyclic esters (lactones) is 1. The van der Waals surface area contributed by atoms with E-state index in [0.717, 1.165) is 31.6 Å². The summed E-state index contributed by atoms with van der Waals surface area (Å²) in [5.74, 6) is -0.0810. The van der Waals surface area contributed by atoms with Gasteiger partial charge in [0.25, 0.3) is 0 Å². The number of carbonyl (C=O) groups is 1. The van der Waals surface area contributed by atoms with Gasteiger partial charge in [-0.3, -0.25) is 14.6 Å². The molecule has 0 saturated carbocycles. The molecule has 4 unspecified atom stereocenters. The van der Waals surface area contributed by atoms with Gasteiger partial charge in [-0.2, -0.15) is 0 Å². The molecule has 126 valence electrons. The van der Waals surface area contributed by atoms with Gasteiger partial charge in [-0.1, -0.05) is 30.3 Å². The number of carbonyl (C=O) groups excluding carboxylic acids is 1. The third-order valence-electron chi connectivity index (χ3n) is 4.97. The number of hydrogen-bond donors (Lipinski definition) is 1. The SMILES string of the molecule is CC1CC(N2CCN(CC(O)c3ccccc3)C(C)C2)C(=O)O1. The van der Waals surface area contributed by atoms with E-state index in [1.165, 1.54) is 0 Å².